The van der Waals surface area contributed by atoms with E-state index in [0.29, 0.717) is 30.5 Å². The van der Waals surface area contributed by atoms with Gasteiger partial charge in [0.1, 0.15) is 11.4 Å². The number of nitrogens with zero attached hydrogens (tertiary/aromatic N) is 4. The third-order valence-electron chi connectivity index (χ3n) is 4.91. The number of benzene rings is 1. The molecule has 2 aromatic heterocycles. The van der Waals surface area contributed by atoms with Crippen molar-refractivity contribution in [3.63, 3.8) is 0 Å². The van der Waals surface area contributed by atoms with Crippen molar-refractivity contribution in [2.24, 2.45) is 0 Å². The Morgan fingerprint density at radius 2 is 2.00 bits per heavy atom. The molecule has 3 aromatic rings. The Morgan fingerprint density at radius 1 is 1.21 bits per heavy atom. The van der Waals surface area contributed by atoms with Gasteiger partial charge in [-0.2, -0.15) is 0 Å². The van der Waals surface area contributed by atoms with Gasteiger partial charge in [0.25, 0.3) is 0 Å². The molecule has 0 saturated heterocycles. The number of methoxy groups -OCH3 is 1. The lowest BCUT2D eigenvalue weighted by molar-refractivity contribution is 0.296. The molecule has 0 aliphatic carbocycles. The molecule has 7 nitrogen and oxygen atoms in total. The Kier molecular flexibility index (Phi) is 5.14. The summed E-state index contributed by atoms with van der Waals surface area (Å²) in [5.74, 6) is 2.09. The fourth-order valence-electron chi connectivity index (χ4n) is 3.28. The highest BCUT2D eigenvalue weighted by molar-refractivity contribution is 5.71. The monoisotopic (exact) mass is 380 g/mol. The summed E-state index contributed by atoms with van der Waals surface area (Å²) in [6.07, 6.45) is 5.40. The van der Waals surface area contributed by atoms with Crippen molar-refractivity contribution < 1.29 is 14.2 Å². The smallest absolute Gasteiger partial charge is 0.164 e. The Balaban J connectivity index is 1.62. The zero-order valence-corrected chi connectivity index (χ0v) is 16.4. The van der Waals surface area contributed by atoms with E-state index >= 15 is 0 Å². The highest BCUT2D eigenvalue weighted by Crippen LogP contribution is 2.40. The largest absolute Gasteiger partial charge is 0.496 e. The fraction of sp³-hybridized carbons (Fsp3) is 0.381. The van der Waals surface area contributed by atoms with Crippen LogP contribution in [-0.4, -0.2) is 40.3 Å². The predicted octanol–water partition coefficient (Wildman–Crippen LogP) is 3.62. The molecule has 28 heavy (non-hydrogen) atoms. The average Bonchev–Trinajstić information content (AvgIpc) is 3.09. The fourth-order valence-corrected chi connectivity index (χ4v) is 3.28. The number of hydrogen-bond donors (Lipinski definition) is 0. The molecule has 0 amide bonds. The third-order valence-corrected chi connectivity index (χ3v) is 4.91. The van der Waals surface area contributed by atoms with E-state index in [1.54, 1.807) is 7.11 Å². The Labute approximate surface area is 164 Å². The topological polar surface area (TPSA) is 71.3 Å². The lowest BCUT2D eigenvalue weighted by Crippen LogP contribution is -2.10. The van der Waals surface area contributed by atoms with Crippen LogP contribution in [-0.2, 0) is 6.42 Å². The maximum absolute atomic E-state index is 5.81. The SMILES string of the molecule is COc1cc2c(cc1-c1cn([C@@H](C)Cc3ncccc3C)nn1)OCCCO2. The van der Waals surface area contributed by atoms with Gasteiger partial charge in [-0.05, 0) is 31.5 Å². The molecule has 146 valence electrons. The molecule has 0 radical (unpaired) electrons. The van der Waals surface area contributed by atoms with E-state index in [1.165, 1.54) is 5.56 Å². The normalized spacial score (nSPS) is 14.4. The van der Waals surface area contributed by atoms with Crippen LogP contribution in [0.3, 0.4) is 0 Å². The van der Waals surface area contributed by atoms with Crippen LogP contribution in [0.15, 0.2) is 36.7 Å². The minimum atomic E-state index is 0.126. The van der Waals surface area contributed by atoms with E-state index in [0.717, 1.165) is 29.8 Å². The van der Waals surface area contributed by atoms with Crippen LogP contribution in [0.2, 0.25) is 0 Å². The molecule has 0 unspecified atom stereocenters. The van der Waals surface area contributed by atoms with Gasteiger partial charge in [0, 0.05) is 36.4 Å². The van der Waals surface area contributed by atoms with E-state index in [4.69, 9.17) is 14.2 Å². The van der Waals surface area contributed by atoms with E-state index in [9.17, 15) is 0 Å². The maximum atomic E-state index is 5.81. The van der Waals surface area contributed by atoms with Gasteiger partial charge in [0.2, 0.25) is 0 Å². The molecule has 1 atom stereocenters. The van der Waals surface area contributed by atoms with Gasteiger partial charge in [0.15, 0.2) is 11.5 Å². The van der Waals surface area contributed by atoms with Gasteiger partial charge >= 0.3 is 0 Å². The highest BCUT2D eigenvalue weighted by atomic mass is 16.5. The van der Waals surface area contributed by atoms with E-state index in [2.05, 4.69) is 35.2 Å². The summed E-state index contributed by atoms with van der Waals surface area (Å²) in [4.78, 5) is 4.48. The van der Waals surface area contributed by atoms with Gasteiger partial charge in [-0.15, -0.1) is 5.10 Å². The van der Waals surface area contributed by atoms with E-state index < -0.39 is 0 Å². The van der Waals surface area contributed by atoms with Crippen LogP contribution in [0.5, 0.6) is 17.2 Å². The number of aryl methyl sites for hydroxylation is 1. The summed E-state index contributed by atoms with van der Waals surface area (Å²) in [7, 11) is 1.64. The first-order valence-electron chi connectivity index (χ1n) is 9.46. The molecule has 7 heteroatoms. The lowest BCUT2D eigenvalue weighted by atomic mass is 10.1. The zero-order chi connectivity index (χ0) is 19.5. The minimum absolute atomic E-state index is 0.126. The molecular weight excluding hydrogens is 356 g/mol. The van der Waals surface area contributed by atoms with Gasteiger partial charge in [0.05, 0.1) is 32.6 Å². The van der Waals surface area contributed by atoms with Gasteiger partial charge in [-0.1, -0.05) is 11.3 Å². The Morgan fingerprint density at radius 3 is 2.75 bits per heavy atom. The average molecular weight is 380 g/mol. The Bertz CT molecular complexity index is 970. The molecule has 0 fully saturated rings. The van der Waals surface area contributed by atoms with Crippen molar-refractivity contribution in [3.05, 3.63) is 47.9 Å². The zero-order valence-electron chi connectivity index (χ0n) is 16.4. The molecule has 0 spiro atoms. The van der Waals surface area contributed by atoms with Crippen LogP contribution < -0.4 is 14.2 Å². The standard InChI is InChI=1S/C21H24N4O3/c1-14-6-4-7-22-17(14)10-15(2)25-13-18(23-24-25)16-11-20-21(12-19(16)26-3)28-9-5-8-27-20/h4,6-7,11-13,15H,5,8-10H2,1-3H3/t15-/m0/s1. The van der Waals surface area contributed by atoms with Gasteiger partial charge < -0.3 is 14.2 Å². The van der Waals surface area contributed by atoms with Crippen molar-refractivity contribution in [1.29, 1.82) is 0 Å². The van der Waals surface area contributed by atoms with Crippen LogP contribution >= 0.6 is 0 Å². The first-order chi connectivity index (χ1) is 13.7. The number of aromatic nitrogens is 4. The summed E-state index contributed by atoms with van der Waals surface area (Å²) in [5.41, 5.74) is 3.82. The number of pyridine rings is 1. The van der Waals surface area contributed by atoms with Crippen LogP contribution in [0.1, 0.15) is 30.6 Å². The molecule has 0 bridgehead atoms. The molecule has 0 saturated carbocycles. The highest BCUT2D eigenvalue weighted by Gasteiger charge is 2.19. The van der Waals surface area contributed by atoms with Crippen molar-refractivity contribution in [2.45, 2.75) is 32.7 Å². The predicted molar refractivity (Wildman–Crippen MR) is 105 cm³/mol. The number of ether oxygens (including phenoxy) is 3. The lowest BCUT2D eigenvalue weighted by Gasteiger charge is -2.13. The second-order valence-electron chi connectivity index (χ2n) is 6.95. The maximum Gasteiger partial charge on any atom is 0.164 e. The van der Waals surface area contributed by atoms with Crippen molar-refractivity contribution in [1.82, 2.24) is 20.0 Å². The molecule has 1 aromatic carbocycles. The summed E-state index contributed by atoms with van der Waals surface area (Å²) < 4.78 is 19.0. The van der Waals surface area contributed by atoms with Crippen molar-refractivity contribution in [3.8, 4) is 28.5 Å². The quantitative estimate of drug-likeness (QED) is 0.673. The van der Waals surface area contributed by atoms with Crippen LogP contribution in [0.4, 0.5) is 0 Å². The van der Waals surface area contributed by atoms with Crippen LogP contribution in [0.25, 0.3) is 11.3 Å². The van der Waals surface area contributed by atoms with Crippen molar-refractivity contribution >= 4 is 0 Å². The number of hydrogen-bond acceptors (Lipinski definition) is 6. The van der Waals surface area contributed by atoms with Crippen molar-refractivity contribution in [2.75, 3.05) is 20.3 Å². The van der Waals surface area contributed by atoms with Crippen LogP contribution in [0, 0.1) is 6.92 Å². The summed E-state index contributed by atoms with van der Waals surface area (Å²) in [6.45, 7) is 5.45. The van der Waals surface area contributed by atoms with E-state index in [-0.39, 0.29) is 6.04 Å². The first kappa shape index (κ1) is 18.3. The van der Waals surface area contributed by atoms with E-state index in [1.807, 2.05) is 35.3 Å². The molecule has 0 N–H and O–H groups in total. The van der Waals surface area contributed by atoms with Gasteiger partial charge in [-0.25, -0.2) is 4.68 Å². The second-order valence-corrected chi connectivity index (χ2v) is 6.95. The second kappa shape index (κ2) is 7.88. The molecule has 4 rings (SSSR count). The molecule has 1 aliphatic rings. The van der Waals surface area contributed by atoms with Gasteiger partial charge in [-0.3, -0.25) is 4.98 Å². The number of rotatable bonds is 5. The minimum Gasteiger partial charge on any atom is -0.496 e. The Hall–Kier alpha value is -3.09. The first-order valence-corrected chi connectivity index (χ1v) is 9.46. The summed E-state index contributed by atoms with van der Waals surface area (Å²) in [6, 6.07) is 7.93. The summed E-state index contributed by atoms with van der Waals surface area (Å²) >= 11 is 0. The molecular formula is C21H24N4O3. The third kappa shape index (κ3) is 3.65. The molecule has 1 aliphatic heterocycles. The molecule has 3 heterocycles. The number of fused-ring (bicyclic) bond motifs is 1. The summed E-state index contributed by atoms with van der Waals surface area (Å²) in [5, 5.41) is 8.70.